The maximum Gasteiger partial charge on any atom is 0.191 e. The van der Waals surface area contributed by atoms with Crippen molar-refractivity contribution in [2.45, 2.75) is 50.6 Å². The fourth-order valence-electron chi connectivity index (χ4n) is 4.67. The number of nitrogens with zero attached hydrogens (tertiary/aromatic N) is 4. The molecule has 2 N–H and O–H groups in total. The van der Waals surface area contributed by atoms with Gasteiger partial charge < -0.3 is 20.4 Å². The highest BCUT2D eigenvalue weighted by molar-refractivity contribution is 14.0. The molecule has 1 aromatic rings. The second-order valence-corrected chi connectivity index (χ2v) is 8.63. The molecule has 8 heteroatoms. The third-order valence-electron chi connectivity index (χ3n) is 6.39. The van der Waals surface area contributed by atoms with E-state index in [1.165, 1.54) is 31.7 Å². The van der Waals surface area contributed by atoms with Crippen LogP contribution in [0.3, 0.4) is 0 Å². The fraction of sp³-hybridized carbons (Fsp3) is 0.714. The summed E-state index contributed by atoms with van der Waals surface area (Å²) in [4.78, 5) is 13.0. The van der Waals surface area contributed by atoms with Gasteiger partial charge in [0.2, 0.25) is 0 Å². The van der Waals surface area contributed by atoms with Gasteiger partial charge in [0, 0.05) is 44.5 Å². The molecule has 29 heavy (non-hydrogen) atoms. The van der Waals surface area contributed by atoms with E-state index in [1.54, 1.807) is 12.3 Å². The molecule has 2 fully saturated rings. The summed E-state index contributed by atoms with van der Waals surface area (Å²) in [5.41, 5.74) is 0.175. The Balaban J connectivity index is 0.00000300. The molecular formula is C21H36FIN6. The smallest absolute Gasteiger partial charge is 0.191 e. The summed E-state index contributed by atoms with van der Waals surface area (Å²) in [6, 6.07) is 3.33. The third kappa shape index (κ3) is 5.93. The lowest BCUT2D eigenvalue weighted by atomic mass is 9.75. The minimum absolute atomic E-state index is 0. The van der Waals surface area contributed by atoms with E-state index in [0.717, 1.165) is 37.9 Å². The van der Waals surface area contributed by atoms with Crippen molar-refractivity contribution in [3.63, 3.8) is 0 Å². The topological polar surface area (TPSA) is 55.8 Å². The summed E-state index contributed by atoms with van der Waals surface area (Å²) in [5.74, 6) is 1.76. The summed E-state index contributed by atoms with van der Waals surface area (Å²) in [7, 11) is 6.19. The van der Waals surface area contributed by atoms with Gasteiger partial charge in [-0.3, -0.25) is 4.99 Å². The van der Waals surface area contributed by atoms with Crippen LogP contribution in [-0.2, 0) is 0 Å². The number of hydrogen-bond acceptors (Lipinski definition) is 4. The molecule has 6 nitrogen and oxygen atoms in total. The number of pyridine rings is 1. The van der Waals surface area contributed by atoms with Crippen molar-refractivity contribution in [2.75, 3.05) is 45.7 Å². The first kappa shape index (κ1) is 24.1. The van der Waals surface area contributed by atoms with E-state index in [2.05, 4.69) is 46.5 Å². The quantitative estimate of drug-likeness (QED) is 0.357. The number of nitrogens with one attached hydrogen (secondary N) is 2. The first-order chi connectivity index (χ1) is 13.4. The van der Waals surface area contributed by atoms with Crippen molar-refractivity contribution >= 4 is 35.8 Å². The Morgan fingerprint density at radius 2 is 2.21 bits per heavy atom. The maximum atomic E-state index is 14.0. The normalized spacial score (nSPS) is 27.7. The van der Waals surface area contributed by atoms with Gasteiger partial charge in [0.15, 0.2) is 17.6 Å². The van der Waals surface area contributed by atoms with Gasteiger partial charge in [0.25, 0.3) is 0 Å². The van der Waals surface area contributed by atoms with Crippen LogP contribution in [0.15, 0.2) is 23.3 Å². The van der Waals surface area contributed by atoms with Gasteiger partial charge in [-0.1, -0.05) is 19.8 Å². The second-order valence-electron chi connectivity index (χ2n) is 8.63. The van der Waals surface area contributed by atoms with Crippen molar-refractivity contribution in [1.82, 2.24) is 20.5 Å². The Morgan fingerprint density at radius 1 is 1.41 bits per heavy atom. The van der Waals surface area contributed by atoms with Crippen LogP contribution in [0.2, 0.25) is 0 Å². The van der Waals surface area contributed by atoms with Crippen LogP contribution in [0.1, 0.15) is 39.0 Å². The number of anilines is 1. The van der Waals surface area contributed by atoms with Crippen molar-refractivity contribution in [3.8, 4) is 0 Å². The van der Waals surface area contributed by atoms with Gasteiger partial charge in [-0.05, 0) is 51.4 Å². The number of rotatable bonds is 5. The van der Waals surface area contributed by atoms with Crippen molar-refractivity contribution in [1.29, 1.82) is 0 Å². The summed E-state index contributed by atoms with van der Waals surface area (Å²) >= 11 is 0. The number of aromatic nitrogens is 1. The Labute approximate surface area is 191 Å². The van der Waals surface area contributed by atoms with E-state index >= 15 is 0 Å². The number of hydrogen-bond donors (Lipinski definition) is 2. The number of guanidine groups is 1. The van der Waals surface area contributed by atoms with E-state index in [9.17, 15) is 4.39 Å². The highest BCUT2D eigenvalue weighted by atomic mass is 127. The van der Waals surface area contributed by atoms with Crippen LogP contribution < -0.4 is 15.5 Å². The molecule has 1 saturated heterocycles. The summed E-state index contributed by atoms with van der Waals surface area (Å²) < 4.78 is 14.0. The second kappa shape index (κ2) is 10.7. The Hall–Kier alpha value is -1.16. The minimum Gasteiger partial charge on any atom is -0.355 e. The Kier molecular flexibility index (Phi) is 8.93. The summed E-state index contributed by atoms with van der Waals surface area (Å²) in [6.07, 6.45) is 7.60. The first-order valence-electron chi connectivity index (χ1n) is 10.4. The van der Waals surface area contributed by atoms with Gasteiger partial charge in [-0.15, -0.1) is 24.0 Å². The van der Waals surface area contributed by atoms with E-state index in [-0.39, 0.29) is 41.4 Å². The van der Waals surface area contributed by atoms with Crippen molar-refractivity contribution in [2.24, 2.45) is 10.9 Å². The van der Waals surface area contributed by atoms with Crippen LogP contribution in [-0.4, -0.2) is 68.2 Å². The predicted octanol–water partition coefficient (Wildman–Crippen LogP) is 3.09. The first-order valence-corrected chi connectivity index (χ1v) is 10.4. The van der Waals surface area contributed by atoms with Crippen LogP contribution in [0.4, 0.5) is 10.2 Å². The lowest BCUT2D eigenvalue weighted by Crippen LogP contribution is -2.57. The highest BCUT2D eigenvalue weighted by Crippen LogP contribution is 2.35. The Morgan fingerprint density at radius 3 is 2.86 bits per heavy atom. The monoisotopic (exact) mass is 518 g/mol. The molecule has 1 aromatic heterocycles. The lowest BCUT2D eigenvalue weighted by Gasteiger charge is -2.45. The highest BCUT2D eigenvalue weighted by Gasteiger charge is 2.37. The molecule has 3 unspecified atom stereocenters. The predicted molar refractivity (Wildman–Crippen MR) is 129 cm³/mol. The van der Waals surface area contributed by atoms with Gasteiger partial charge in [0.05, 0.1) is 0 Å². The van der Waals surface area contributed by atoms with Crippen molar-refractivity contribution < 1.29 is 4.39 Å². The van der Waals surface area contributed by atoms with E-state index < -0.39 is 0 Å². The fourth-order valence-corrected chi connectivity index (χ4v) is 4.67. The van der Waals surface area contributed by atoms with Crippen LogP contribution in [0.25, 0.3) is 0 Å². The molecule has 0 aromatic carbocycles. The zero-order valence-electron chi connectivity index (χ0n) is 18.1. The minimum atomic E-state index is -0.259. The molecule has 1 aliphatic carbocycles. The SMILES string of the molecule is CN=C(NCC1(N(C)C)CCCC(C)C1)NC1CCN(c2ncccc2F)C1.I. The van der Waals surface area contributed by atoms with Gasteiger partial charge in [0.1, 0.15) is 0 Å². The average Bonchev–Trinajstić information content (AvgIpc) is 3.13. The van der Waals surface area contributed by atoms with Crippen LogP contribution in [0, 0.1) is 11.7 Å². The van der Waals surface area contributed by atoms with Gasteiger partial charge in [-0.2, -0.15) is 0 Å². The Bertz CT molecular complexity index is 685. The summed E-state index contributed by atoms with van der Waals surface area (Å²) in [6.45, 7) is 4.76. The zero-order valence-corrected chi connectivity index (χ0v) is 20.4. The molecule has 2 heterocycles. The molecule has 2 aliphatic rings. The number of likely N-dealkylation sites (N-methyl/N-ethyl adjacent to an activating group) is 1. The molecule has 164 valence electrons. The van der Waals surface area contributed by atoms with Crippen LogP contribution >= 0.6 is 24.0 Å². The van der Waals surface area contributed by atoms with E-state index in [1.807, 2.05) is 11.9 Å². The maximum absolute atomic E-state index is 14.0. The van der Waals surface area contributed by atoms with Gasteiger partial charge in [-0.25, -0.2) is 9.37 Å². The number of halogens is 2. The molecular weight excluding hydrogens is 482 g/mol. The van der Waals surface area contributed by atoms with E-state index in [0.29, 0.717) is 5.82 Å². The molecule has 1 saturated carbocycles. The number of aliphatic imine (C=N–C) groups is 1. The van der Waals surface area contributed by atoms with Crippen LogP contribution in [0.5, 0.6) is 0 Å². The summed E-state index contributed by atoms with van der Waals surface area (Å²) in [5, 5.41) is 7.08. The molecule has 0 bridgehead atoms. The molecule has 0 radical (unpaired) electrons. The largest absolute Gasteiger partial charge is 0.355 e. The lowest BCUT2D eigenvalue weighted by molar-refractivity contribution is 0.0795. The third-order valence-corrected chi connectivity index (χ3v) is 6.39. The molecule has 0 amide bonds. The van der Waals surface area contributed by atoms with E-state index in [4.69, 9.17) is 0 Å². The molecule has 3 atom stereocenters. The molecule has 1 aliphatic heterocycles. The molecule has 0 spiro atoms. The molecule has 3 rings (SSSR count). The zero-order chi connectivity index (χ0) is 20.1. The standard InChI is InChI=1S/C21H35FN6.HI/c1-16-7-5-10-21(13-16,27(3)4)15-25-20(23-2)26-17-9-12-28(14-17)19-18(22)8-6-11-24-19;/h6,8,11,16-17H,5,7,9-10,12-15H2,1-4H3,(H2,23,25,26);1H. The van der Waals surface area contributed by atoms with Gasteiger partial charge >= 0.3 is 0 Å². The van der Waals surface area contributed by atoms with Crippen molar-refractivity contribution in [3.05, 3.63) is 24.1 Å². The average molecular weight is 518 g/mol.